The molecule has 0 bridgehead atoms. The van der Waals surface area contributed by atoms with Crippen molar-refractivity contribution < 1.29 is 9.47 Å². The van der Waals surface area contributed by atoms with Gasteiger partial charge in [-0.25, -0.2) is 0 Å². The SMILES string of the molecule is COc1cc(C(C)(C)C)c(OC)cc1C1NCCc2c1[nH]c1ccc(Br)cc21. The van der Waals surface area contributed by atoms with E-state index in [1.165, 1.54) is 22.2 Å². The summed E-state index contributed by atoms with van der Waals surface area (Å²) in [6.45, 7) is 7.49. The van der Waals surface area contributed by atoms with E-state index < -0.39 is 0 Å². The first-order valence-electron chi connectivity index (χ1n) is 9.63. The van der Waals surface area contributed by atoms with Crippen LogP contribution in [-0.2, 0) is 11.8 Å². The molecular formula is C23H27BrN2O2. The average Bonchev–Trinajstić information content (AvgIpc) is 3.04. The standard InChI is InChI=1S/C23H27BrN2O2/c1-23(2,3)17-12-19(27-4)16(11-20(17)28-5)21-22-14(8-9-25-21)15-10-13(24)6-7-18(15)26-22/h6-7,10-12,21,25-26H,8-9H2,1-5H3. The molecule has 0 fully saturated rings. The molecule has 2 aromatic carbocycles. The smallest absolute Gasteiger partial charge is 0.124 e. The highest BCUT2D eigenvalue weighted by molar-refractivity contribution is 9.10. The average molecular weight is 443 g/mol. The molecule has 0 saturated heterocycles. The van der Waals surface area contributed by atoms with Crippen molar-refractivity contribution in [3.05, 3.63) is 57.2 Å². The Bertz CT molecular complexity index is 1030. The molecule has 0 amide bonds. The van der Waals surface area contributed by atoms with Crippen LogP contribution in [0.4, 0.5) is 0 Å². The number of aromatic nitrogens is 1. The number of rotatable bonds is 3. The number of ether oxygens (including phenoxy) is 2. The van der Waals surface area contributed by atoms with Crippen LogP contribution in [0.2, 0.25) is 0 Å². The molecule has 1 atom stereocenters. The summed E-state index contributed by atoms with van der Waals surface area (Å²) in [5.41, 5.74) is 5.96. The Kier molecular flexibility index (Phi) is 4.92. The maximum atomic E-state index is 5.83. The highest BCUT2D eigenvalue weighted by Gasteiger charge is 2.30. The summed E-state index contributed by atoms with van der Waals surface area (Å²) < 4.78 is 12.7. The lowest BCUT2D eigenvalue weighted by Gasteiger charge is -2.29. The summed E-state index contributed by atoms with van der Waals surface area (Å²) in [6, 6.07) is 10.7. The Morgan fingerprint density at radius 3 is 2.46 bits per heavy atom. The second kappa shape index (κ2) is 7.12. The van der Waals surface area contributed by atoms with Gasteiger partial charge in [-0.05, 0) is 47.7 Å². The monoisotopic (exact) mass is 442 g/mol. The van der Waals surface area contributed by atoms with Crippen molar-refractivity contribution in [2.24, 2.45) is 0 Å². The van der Waals surface area contributed by atoms with E-state index >= 15 is 0 Å². The molecule has 1 aliphatic heterocycles. The van der Waals surface area contributed by atoms with Crippen LogP contribution in [0.15, 0.2) is 34.8 Å². The van der Waals surface area contributed by atoms with Crippen LogP contribution < -0.4 is 14.8 Å². The fourth-order valence-corrected chi connectivity index (χ4v) is 4.56. The highest BCUT2D eigenvalue weighted by Crippen LogP contribution is 2.42. The number of methoxy groups -OCH3 is 2. The Morgan fingerprint density at radius 1 is 1.04 bits per heavy atom. The van der Waals surface area contributed by atoms with E-state index in [2.05, 4.69) is 77.3 Å². The predicted molar refractivity (Wildman–Crippen MR) is 118 cm³/mol. The van der Waals surface area contributed by atoms with Crippen molar-refractivity contribution in [1.82, 2.24) is 10.3 Å². The first kappa shape index (κ1) is 19.3. The van der Waals surface area contributed by atoms with Gasteiger partial charge < -0.3 is 19.8 Å². The summed E-state index contributed by atoms with van der Waals surface area (Å²) in [4.78, 5) is 3.65. The number of fused-ring (bicyclic) bond motifs is 3. The third-order valence-electron chi connectivity index (χ3n) is 5.58. The predicted octanol–water partition coefficient (Wildman–Crippen LogP) is 5.48. The molecule has 0 aliphatic carbocycles. The van der Waals surface area contributed by atoms with Gasteiger partial charge in [0.05, 0.1) is 20.3 Å². The Morgan fingerprint density at radius 2 is 1.79 bits per heavy atom. The zero-order valence-electron chi connectivity index (χ0n) is 17.1. The number of hydrogen-bond donors (Lipinski definition) is 2. The van der Waals surface area contributed by atoms with Crippen LogP contribution in [0.1, 0.15) is 49.2 Å². The highest BCUT2D eigenvalue weighted by atomic mass is 79.9. The van der Waals surface area contributed by atoms with E-state index in [0.29, 0.717) is 0 Å². The molecule has 2 heterocycles. The summed E-state index contributed by atoms with van der Waals surface area (Å²) >= 11 is 3.61. The van der Waals surface area contributed by atoms with Gasteiger partial charge in [0.1, 0.15) is 11.5 Å². The Labute approximate surface area is 174 Å². The zero-order valence-corrected chi connectivity index (χ0v) is 18.7. The van der Waals surface area contributed by atoms with Crippen molar-refractivity contribution in [3.8, 4) is 11.5 Å². The first-order valence-corrected chi connectivity index (χ1v) is 10.4. The number of hydrogen-bond acceptors (Lipinski definition) is 3. The number of aromatic amines is 1. The molecule has 4 nitrogen and oxygen atoms in total. The molecule has 2 N–H and O–H groups in total. The van der Waals surface area contributed by atoms with Crippen molar-refractivity contribution >= 4 is 26.8 Å². The normalized spacial score (nSPS) is 16.9. The van der Waals surface area contributed by atoms with Gasteiger partial charge in [0, 0.05) is 38.7 Å². The maximum absolute atomic E-state index is 5.83. The Hall–Kier alpha value is -1.98. The van der Waals surface area contributed by atoms with E-state index in [-0.39, 0.29) is 11.5 Å². The number of halogens is 1. The molecule has 1 aromatic heterocycles. The molecule has 0 saturated carbocycles. The Balaban J connectivity index is 1.90. The maximum Gasteiger partial charge on any atom is 0.124 e. The van der Waals surface area contributed by atoms with Gasteiger partial charge in [-0.2, -0.15) is 0 Å². The number of nitrogens with one attached hydrogen (secondary N) is 2. The summed E-state index contributed by atoms with van der Waals surface area (Å²) in [6.07, 6.45) is 1.00. The summed E-state index contributed by atoms with van der Waals surface area (Å²) in [5, 5.41) is 4.96. The van der Waals surface area contributed by atoms with Gasteiger partial charge in [-0.3, -0.25) is 0 Å². The van der Waals surface area contributed by atoms with E-state index in [9.17, 15) is 0 Å². The molecule has 4 rings (SSSR count). The van der Waals surface area contributed by atoms with Gasteiger partial charge in [-0.1, -0.05) is 36.7 Å². The van der Waals surface area contributed by atoms with Crippen LogP contribution in [0.3, 0.4) is 0 Å². The van der Waals surface area contributed by atoms with Crippen LogP contribution in [-0.4, -0.2) is 25.7 Å². The van der Waals surface area contributed by atoms with E-state index in [1.807, 2.05) is 0 Å². The summed E-state index contributed by atoms with van der Waals surface area (Å²) in [5.74, 6) is 1.78. The first-order chi connectivity index (χ1) is 13.3. The lowest BCUT2D eigenvalue weighted by Crippen LogP contribution is -2.31. The lowest BCUT2D eigenvalue weighted by molar-refractivity contribution is 0.380. The van der Waals surface area contributed by atoms with Gasteiger partial charge in [0.15, 0.2) is 0 Å². The van der Waals surface area contributed by atoms with Gasteiger partial charge in [0.25, 0.3) is 0 Å². The number of H-pyrrole nitrogens is 1. The number of benzene rings is 2. The summed E-state index contributed by atoms with van der Waals surface area (Å²) in [7, 11) is 3.48. The molecule has 1 aliphatic rings. The second-order valence-corrected chi connectivity index (χ2v) is 9.30. The van der Waals surface area contributed by atoms with E-state index in [4.69, 9.17) is 9.47 Å². The fourth-order valence-electron chi connectivity index (χ4n) is 4.20. The van der Waals surface area contributed by atoms with E-state index in [0.717, 1.165) is 40.1 Å². The van der Waals surface area contributed by atoms with Crippen molar-refractivity contribution in [2.75, 3.05) is 20.8 Å². The zero-order chi connectivity index (χ0) is 20.1. The van der Waals surface area contributed by atoms with Gasteiger partial charge >= 0.3 is 0 Å². The van der Waals surface area contributed by atoms with Crippen molar-refractivity contribution in [3.63, 3.8) is 0 Å². The van der Waals surface area contributed by atoms with Crippen LogP contribution in [0.5, 0.6) is 11.5 Å². The molecule has 1 unspecified atom stereocenters. The minimum Gasteiger partial charge on any atom is -0.496 e. The molecule has 0 radical (unpaired) electrons. The molecule has 148 valence electrons. The lowest BCUT2D eigenvalue weighted by atomic mass is 9.84. The van der Waals surface area contributed by atoms with E-state index in [1.54, 1.807) is 14.2 Å². The van der Waals surface area contributed by atoms with Crippen LogP contribution in [0, 0.1) is 0 Å². The molecule has 0 spiro atoms. The topological polar surface area (TPSA) is 46.3 Å². The molecular weight excluding hydrogens is 416 g/mol. The molecule has 3 aromatic rings. The molecule has 28 heavy (non-hydrogen) atoms. The van der Waals surface area contributed by atoms with Crippen molar-refractivity contribution in [2.45, 2.75) is 38.6 Å². The minimum absolute atomic E-state index is 0.0320. The van der Waals surface area contributed by atoms with Crippen LogP contribution in [0.25, 0.3) is 10.9 Å². The fraction of sp³-hybridized carbons (Fsp3) is 0.391. The minimum atomic E-state index is -0.0320. The van der Waals surface area contributed by atoms with Crippen LogP contribution >= 0.6 is 15.9 Å². The third kappa shape index (κ3) is 3.20. The quantitative estimate of drug-likeness (QED) is 0.564. The third-order valence-corrected chi connectivity index (χ3v) is 6.08. The molecule has 5 heteroatoms. The largest absolute Gasteiger partial charge is 0.496 e. The van der Waals surface area contributed by atoms with Crippen molar-refractivity contribution in [1.29, 1.82) is 0 Å². The van der Waals surface area contributed by atoms with Gasteiger partial charge in [-0.15, -0.1) is 0 Å². The second-order valence-electron chi connectivity index (χ2n) is 8.39. The van der Waals surface area contributed by atoms with Gasteiger partial charge in [0.2, 0.25) is 0 Å².